The molecular weight excluding hydrogens is 179 g/mol. The van der Waals surface area contributed by atoms with E-state index in [1.165, 1.54) is 0 Å². The van der Waals surface area contributed by atoms with Crippen molar-refractivity contribution in [3.8, 4) is 0 Å². The summed E-state index contributed by atoms with van der Waals surface area (Å²) in [6.07, 6.45) is 1.74. The van der Waals surface area contributed by atoms with E-state index >= 15 is 0 Å². The largest absolute Gasteiger partial charge is 0.541 e. The van der Waals surface area contributed by atoms with Crippen LogP contribution in [0.15, 0.2) is 0 Å². The molecule has 0 atom stereocenters. The fourth-order valence-corrected chi connectivity index (χ4v) is 0.129. The van der Waals surface area contributed by atoms with Crippen LogP contribution in [0, 0.1) is 7.43 Å². The Balaban J connectivity index is -0.000000125. The van der Waals surface area contributed by atoms with Gasteiger partial charge in [-0.3, -0.25) is 0 Å². The first-order valence-electron chi connectivity index (χ1n) is 1.77. The topological polar surface area (TPSA) is 20.3 Å². The molecule has 0 aliphatic rings. The second-order valence-corrected chi connectivity index (χ2v) is 1.38. The van der Waals surface area contributed by atoms with Crippen molar-refractivity contribution in [1.82, 2.24) is 4.90 Å². The van der Waals surface area contributed by atoms with E-state index in [1.54, 1.807) is 11.2 Å². The second kappa shape index (κ2) is 10.7. The van der Waals surface area contributed by atoms with E-state index in [0.29, 0.717) is 6.54 Å². The van der Waals surface area contributed by atoms with Crippen LogP contribution < -0.4 is 0 Å². The van der Waals surface area contributed by atoms with Crippen molar-refractivity contribution in [3.05, 3.63) is 7.43 Å². The molecule has 0 saturated carbocycles. The first kappa shape index (κ1) is 15.9. The first-order valence-corrected chi connectivity index (χ1v) is 1.77. The van der Waals surface area contributed by atoms with Crippen molar-refractivity contribution in [2.45, 2.75) is 0 Å². The summed E-state index contributed by atoms with van der Waals surface area (Å²) in [5, 5.41) is 0. The van der Waals surface area contributed by atoms with Crippen LogP contribution in [0.3, 0.4) is 0 Å². The number of hydrogen-bond acceptors (Lipinski definition) is 2. The third kappa shape index (κ3) is 15.9. The van der Waals surface area contributed by atoms with Gasteiger partial charge in [0.25, 0.3) is 0 Å². The standard InChI is InChI=1S/C4H8NO.CH3.Y/c1-5(2)3-4-6;;/h3H2,1-2H3;1H3;/q2*-1;. The Morgan fingerprint density at radius 3 is 1.88 bits per heavy atom. The molecule has 0 spiro atoms. The molecule has 1 radical (unpaired) electrons. The summed E-state index contributed by atoms with van der Waals surface area (Å²) in [5.41, 5.74) is 0. The van der Waals surface area contributed by atoms with E-state index in [4.69, 9.17) is 0 Å². The minimum atomic E-state index is 0. The van der Waals surface area contributed by atoms with Gasteiger partial charge in [0.1, 0.15) is 0 Å². The van der Waals surface area contributed by atoms with Crippen LogP contribution in [0.4, 0.5) is 0 Å². The first-order chi connectivity index (χ1) is 2.77. The van der Waals surface area contributed by atoms with Crippen LogP contribution in [-0.4, -0.2) is 31.8 Å². The number of likely N-dealkylation sites (N-methyl/N-ethyl adjacent to an activating group) is 1. The van der Waals surface area contributed by atoms with Crippen molar-refractivity contribution in [2.24, 2.45) is 0 Å². The molecule has 0 rings (SSSR count). The Morgan fingerprint density at radius 2 is 1.88 bits per heavy atom. The zero-order valence-corrected chi connectivity index (χ0v) is 8.48. The number of carbonyl (C=O) groups excluding carboxylic acids is 1. The van der Waals surface area contributed by atoms with Crippen LogP contribution in [0.2, 0.25) is 0 Å². The quantitative estimate of drug-likeness (QED) is 0.576. The molecule has 0 amide bonds. The Bertz CT molecular complexity index is 47.7. The SMILES string of the molecule is CN(C)C[C-]=O.[CH3-].[Y]. The van der Waals surface area contributed by atoms with Gasteiger partial charge in [0.05, 0.1) is 0 Å². The number of nitrogens with zero attached hydrogens (tertiary/aromatic N) is 1. The van der Waals surface area contributed by atoms with Gasteiger partial charge in [0.15, 0.2) is 0 Å². The molecule has 47 valence electrons. The number of rotatable bonds is 2. The Kier molecular flexibility index (Phi) is 21.2. The zero-order valence-electron chi connectivity index (χ0n) is 5.64. The monoisotopic (exact) mass is 190 g/mol. The predicted octanol–water partition coefficient (Wildman–Crippen LogP) is 0.105. The van der Waals surface area contributed by atoms with E-state index < -0.39 is 0 Å². The maximum atomic E-state index is 9.45. The van der Waals surface area contributed by atoms with Crippen molar-refractivity contribution in [3.63, 3.8) is 0 Å². The molecule has 0 unspecified atom stereocenters. The van der Waals surface area contributed by atoms with Crippen molar-refractivity contribution >= 4 is 6.29 Å². The van der Waals surface area contributed by atoms with Gasteiger partial charge in [-0.2, -0.15) is 0 Å². The molecule has 2 nitrogen and oxygen atoms in total. The third-order valence-electron chi connectivity index (χ3n) is 0.381. The molecule has 0 heterocycles. The van der Waals surface area contributed by atoms with Crippen molar-refractivity contribution in [2.75, 3.05) is 20.6 Å². The summed E-state index contributed by atoms with van der Waals surface area (Å²) in [5.74, 6) is 0. The van der Waals surface area contributed by atoms with E-state index in [9.17, 15) is 4.79 Å². The van der Waals surface area contributed by atoms with Gasteiger partial charge in [-0.05, 0) is 14.1 Å². The molecule has 0 bridgehead atoms. The van der Waals surface area contributed by atoms with E-state index in [-0.39, 0.29) is 40.1 Å². The van der Waals surface area contributed by atoms with E-state index in [0.717, 1.165) is 0 Å². The van der Waals surface area contributed by atoms with E-state index in [2.05, 4.69) is 0 Å². The maximum absolute atomic E-state index is 9.45. The Morgan fingerprint density at radius 1 is 1.50 bits per heavy atom. The van der Waals surface area contributed by atoms with Gasteiger partial charge < -0.3 is 17.1 Å². The Hall–Kier alpha value is 0.734. The normalized spacial score (nSPS) is 6.88. The Labute approximate surface area is 76.5 Å². The molecule has 0 aliphatic carbocycles. The van der Waals surface area contributed by atoms with Crippen molar-refractivity contribution in [1.29, 1.82) is 0 Å². The molecule has 3 heteroatoms. The summed E-state index contributed by atoms with van der Waals surface area (Å²) in [6, 6.07) is 0. The summed E-state index contributed by atoms with van der Waals surface area (Å²) >= 11 is 0. The van der Waals surface area contributed by atoms with Crippen LogP contribution >= 0.6 is 0 Å². The fraction of sp³-hybridized carbons (Fsp3) is 0.600. The molecule has 0 aliphatic heterocycles. The van der Waals surface area contributed by atoms with E-state index in [1.807, 2.05) is 14.1 Å². The molecule has 0 aromatic rings. The molecule has 0 fully saturated rings. The predicted molar refractivity (Wildman–Crippen MR) is 30.7 cm³/mol. The van der Waals surface area contributed by atoms with Gasteiger partial charge in [0, 0.05) is 32.7 Å². The molecular formula is C5H11NOY-2. The van der Waals surface area contributed by atoms with Crippen molar-refractivity contribution < 1.29 is 37.5 Å². The van der Waals surface area contributed by atoms with Gasteiger partial charge in [-0.25, -0.2) is 6.29 Å². The second-order valence-electron chi connectivity index (χ2n) is 1.38. The minimum absolute atomic E-state index is 0. The van der Waals surface area contributed by atoms with Crippen LogP contribution in [0.5, 0.6) is 0 Å². The molecule has 0 saturated heterocycles. The van der Waals surface area contributed by atoms with Gasteiger partial charge >= 0.3 is 0 Å². The average molecular weight is 190 g/mol. The van der Waals surface area contributed by atoms with Crippen LogP contribution in [0.1, 0.15) is 0 Å². The third-order valence-corrected chi connectivity index (χ3v) is 0.381. The number of hydrogen-bond donors (Lipinski definition) is 0. The van der Waals surface area contributed by atoms with Gasteiger partial charge in [-0.15, -0.1) is 0 Å². The summed E-state index contributed by atoms with van der Waals surface area (Å²) < 4.78 is 0. The van der Waals surface area contributed by atoms with Gasteiger partial charge in [0.2, 0.25) is 0 Å². The average Bonchev–Trinajstić information content (AvgIpc) is 1.35. The van der Waals surface area contributed by atoms with Crippen LogP contribution in [0.25, 0.3) is 0 Å². The molecule has 0 aromatic heterocycles. The molecule has 8 heavy (non-hydrogen) atoms. The van der Waals surface area contributed by atoms with Crippen LogP contribution in [-0.2, 0) is 37.5 Å². The van der Waals surface area contributed by atoms with Gasteiger partial charge in [-0.1, -0.05) is 6.54 Å². The molecule has 0 aromatic carbocycles. The summed E-state index contributed by atoms with van der Waals surface area (Å²) in [7, 11) is 3.65. The smallest absolute Gasteiger partial charge is 0 e. The maximum Gasteiger partial charge on any atom is 0 e. The summed E-state index contributed by atoms with van der Waals surface area (Å²) in [4.78, 5) is 11.2. The fourth-order valence-electron chi connectivity index (χ4n) is 0.129. The minimum Gasteiger partial charge on any atom is -0.541 e. The molecule has 0 N–H and O–H groups in total. The zero-order chi connectivity index (χ0) is 4.99. The summed E-state index contributed by atoms with van der Waals surface area (Å²) in [6.45, 7) is 0.403.